The summed E-state index contributed by atoms with van der Waals surface area (Å²) < 4.78 is 5.08. The van der Waals surface area contributed by atoms with Crippen LogP contribution >= 0.6 is 11.6 Å². The lowest BCUT2D eigenvalue weighted by atomic mass is 10.2. The Morgan fingerprint density at radius 1 is 1.50 bits per heavy atom. The molecular weight excluding hydrogens is 206 g/mol. The number of rotatable bonds is 2. The van der Waals surface area contributed by atoms with E-state index in [0.29, 0.717) is 24.2 Å². The molecule has 2 rings (SSSR count). The van der Waals surface area contributed by atoms with Gasteiger partial charge in [0.25, 0.3) is 0 Å². The molecule has 0 spiro atoms. The summed E-state index contributed by atoms with van der Waals surface area (Å²) in [6.07, 6.45) is 2.50. The molecule has 1 fully saturated rings. The topological polar surface area (TPSA) is 67.3 Å². The summed E-state index contributed by atoms with van der Waals surface area (Å²) in [7, 11) is 0. The first kappa shape index (κ1) is 9.64. The van der Waals surface area contributed by atoms with Crippen molar-refractivity contribution >= 4 is 17.4 Å². The monoisotopic (exact) mass is 215 g/mol. The molecule has 1 aliphatic rings. The van der Waals surface area contributed by atoms with E-state index >= 15 is 0 Å². The minimum absolute atomic E-state index is 0.136. The van der Waals surface area contributed by atoms with Crippen LogP contribution in [0.1, 0.15) is 0 Å². The lowest BCUT2D eigenvalue weighted by Gasteiger charge is -2.14. The number of aliphatic hydroxyl groups is 1. The van der Waals surface area contributed by atoms with E-state index in [1.807, 2.05) is 0 Å². The Balaban J connectivity index is 2.03. The SMILES string of the molecule is O[C@@H]1COC[C@H]1Nc1cncc(Cl)n1. The second-order valence-electron chi connectivity index (χ2n) is 3.08. The molecule has 14 heavy (non-hydrogen) atoms. The Morgan fingerprint density at radius 2 is 2.36 bits per heavy atom. The van der Waals surface area contributed by atoms with Crippen LogP contribution in [-0.2, 0) is 4.74 Å². The maximum absolute atomic E-state index is 9.45. The van der Waals surface area contributed by atoms with E-state index in [-0.39, 0.29) is 6.04 Å². The largest absolute Gasteiger partial charge is 0.388 e. The molecule has 2 atom stereocenters. The average Bonchev–Trinajstić information content (AvgIpc) is 2.52. The minimum atomic E-state index is -0.504. The summed E-state index contributed by atoms with van der Waals surface area (Å²) in [4.78, 5) is 7.87. The third-order valence-corrected chi connectivity index (χ3v) is 2.17. The molecule has 76 valence electrons. The first-order chi connectivity index (χ1) is 6.75. The highest BCUT2D eigenvalue weighted by Crippen LogP contribution is 2.13. The third-order valence-electron chi connectivity index (χ3n) is 1.99. The van der Waals surface area contributed by atoms with Crippen molar-refractivity contribution in [3.8, 4) is 0 Å². The highest BCUT2D eigenvalue weighted by atomic mass is 35.5. The Hall–Kier alpha value is -0.910. The molecule has 2 heterocycles. The van der Waals surface area contributed by atoms with Gasteiger partial charge in [0.2, 0.25) is 0 Å². The molecular formula is C8H10ClN3O2. The standard InChI is InChI=1S/C8H10ClN3O2/c9-7-1-10-2-8(12-7)11-5-3-14-4-6(5)13/h1-2,5-6,13H,3-4H2,(H,11,12)/t5-,6-/m1/s1. The van der Waals surface area contributed by atoms with Gasteiger partial charge in [-0.05, 0) is 0 Å². The first-order valence-corrected chi connectivity index (χ1v) is 4.63. The lowest BCUT2D eigenvalue weighted by molar-refractivity contribution is 0.125. The fourth-order valence-corrected chi connectivity index (χ4v) is 1.43. The van der Waals surface area contributed by atoms with Gasteiger partial charge < -0.3 is 15.2 Å². The van der Waals surface area contributed by atoms with E-state index in [0.717, 1.165) is 0 Å². The van der Waals surface area contributed by atoms with E-state index in [1.165, 1.54) is 6.20 Å². The zero-order chi connectivity index (χ0) is 9.97. The minimum Gasteiger partial charge on any atom is -0.388 e. The normalized spacial score (nSPS) is 26.4. The molecule has 1 aromatic heterocycles. The number of nitrogens with zero attached hydrogens (tertiary/aromatic N) is 2. The van der Waals surface area contributed by atoms with Crippen LogP contribution in [0.3, 0.4) is 0 Å². The maximum atomic E-state index is 9.45. The third kappa shape index (κ3) is 2.12. The quantitative estimate of drug-likeness (QED) is 0.743. The number of halogens is 1. The molecule has 6 heteroatoms. The fraction of sp³-hybridized carbons (Fsp3) is 0.500. The van der Waals surface area contributed by atoms with Gasteiger partial charge in [0.05, 0.1) is 37.8 Å². The molecule has 0 aliphatic carbocycles. The number of aromatic nitrogens is 2. The number of anilines is 1. The van der Waals surface area contributed by atoms with E-state index < -0.39 is 6.10 Å². The van der Waals surface area contributed by atoms with E-state index in [9.17, 15) is 5.11 Å². The van der Waals surface area contributed by atoms with Crippen LogP contribution in [0.2, 0.25) is 5.15 Å². The van der Waals surface area contributed by atoms with Crippen molar-refractivity contribution in [1.82, 2.24) is 9.97 Å². The summed E-state index contributed by atoms with van der Waals surface area (Å²) in [5.74, 6) is 0.548. The van der Waals surface area contributed by atoms with Crippen LogP contribution in [0, 0.1) is 0 Å². The molecule has 0 amide bonds. The summed E-state index contributed by atoms with van der Waals surface area (Å²) in [6, 6.07) is -0.136. The number of ether oxygens (including phenoxy) is 1. The fourth-order valence-electron chi connectivity index (χ4n) is 1.28. The van der Waals surface area contributed by atoms with Gasteiger partial charge in [-0.2, -0.15) is 0 Å². The first-order valence-electron chi connectivity index (χ1n) is 4.25. The average molecular weight is 216 g/mol. The predicted octanol–water partition coefficient (Wildman–Crippen LogP) is 0.302. The second-order valence-corrected chi connectivity index (χ2v) is 3.47. The van der Waals surface area contributed by atoms with Crippen molar-refractivity contribution < 1.29 is 9.84 Å². The molecule has 1 aliphatic heterocycles. The zero-order valence-electron chi connectivity index (χ0n) is 7.35. The molecule has 0 aromatic carbocycles. The Kier molecular flexibility index (Phi) is 2.81. The smallest absolute Gasteiger partial charge is 0.149 e. The van der Waals surface area contributed by atoms with Gasteiger partial charge in [0.15, 0.2) is 0 Å². The van der Waals surface area contributed by atoms with Crippen LogP contribution < -0.4 is 5.32 Å². The Morgan fingerprint density at radius 3 is 3.00 bits per heavy atom. The van der Waals surface area contributed by atoms with Gasteiger partial charge >= 0.3 is 0 Å². The summed E-state index contributed by atoms with van der Waals surface area (Å²) in [6.45, 7) is 0.820. The van der Waals surface area contributed by atoms with Gasteiger partial charge in [-0.25, -0.2) is 4.98 Å². The number of hydrogen-bond donors (Lipinski definition) is 2. The summed E-state index contributed by atoms with van der Waals surface area (Å²) in [5, 5.41) is 12.8. The predicted molar refractivity (Wildman–Crippen MR) is 51.3 cm³/mol. The van der Waals surface area contributed by atoms with Crippen LogP contribution in [0.4, 0.5) is 5.82 Å². The molecule has 1 aromatic rings. The number of nitrogens with one attached hydrogen (secondary N) is 1. The molecule has 5 nitrogen and oxygen atoms in total. The highest BCUT2D eigenvalue weighted by Gasteiger charge is 2.26. The van der Waals surface area contributed by atoms with Crippen molar-refractivity contribution in [2.24, 2.45) is 0 Å². The summed E-state index contributed by atoms with van der Waals surface area (Å²) >= 11 is 5.66. The molecule has 0 saturated carbocycles. The molecule has 1 saturated heterocycles. The Bertz CT molecular complexity index is 323. The second kappa shape index (κ2) is 4.08. The van der Waals surface area contributed by atoms with E-state index in [4.69, 9.17) is 16.3 Å². The van der Waals surface area contributed by atoms with Crippen LogP contribution in [0.25, 0.3) is 0 Å². The van der Waals surface area contributed by atoms with Gasteiger partial charge in [-0.3, -0.25) is 4.98 Å². The highest BCUT2D eigenvalue weighted by molar-refractivity contribution is 6.29. The molecule has 0 bridgehead atoms. The van der Waals surface area contributed by atoms with Crippen LogP contribution in [-0.4, -0.2) is 40.4 Å². The van der Waals surface area contributed by atoms with E-state index in [1.54, 1.807) is 6.20 Å². The summed E-state index contributed by atoms with van der Waals surface area (Å²) in [5.41, 5.74) is 0. The Labute approximate surface area is 86.1 Å². The van der Waals surface area contributed by atoms with Crippen molar-refractivity contribution in [1.29, 1.82) is 0 Å². The van der Waals surface area contributed by atoms with Crippen LogP contribution in [0.15, 0.2) is 12.4 Å². The molecule has 0 radical (unpaired) electrons. The van der Waals surface area contributed by atoms with Crippen molar-refractivity contribution in [3.05, 3.63) is 17.5 Å². The number of hydrogen-bond acceptors (Lipinski definition) is 5. The van der Waals surface area contributed by atoms with Gasteiger partial charge in [-0.15, -0.1) is 0 Å². The van der Waals surface area contributed by atoms with Crippen molar-refractivity contribution in [2.45, 2.75) is 12.1 Å². The zero-order valence-corrected chi connectivity index (χ0v) is 8.11. The molecule has 2 N–H and O–H groups in total. The van der Waals surface area contributed by atoms with Gasteiger partial charge in [-0.1, -0.05) is 11.6 Å². The van der Waals surface area contributed by atoms with Crippen LogP contribution in [0.5, 0.6) is 0 Å². The van der Waals surface area contributed by atoms with Gasteiger partial charge in [0, 0.05) is 0 Å². The molecule has 0 unspecified atom stereocenters. The van der Waals surface area contributed by atoms with Crippen molar-refractivity contribution in [3.63, 3.8) is 0 Å². The van der Waals surface area contributed by atoms with Crippen molar-refractivity contribution in [2.75, 3.05) is 18.5 Å². The van der Waals surface area contributed by atoms with E-state index in [2.05, 4.69) is 15.3 Å². The maximum Gasteiger partial charge on any atom is 0.149 e. The number of aliphatic hydroxyl groups excluding tert-OH is 1. The van der Waals surface area contributed by atoms with Gasteiger partial charge in [0.1, 0.15) is 11.0 Å². The lowest BCUT2D eigenvalue weighted by Crippen LogP contribution is -2.32.